The van der Waals surface area contributed by atoms with E-state index >= 15 is 0 Å². The molecule has 0 saturated heterocycles. The summed E-state index contributed by atoms with van der Waals surface area (Å²) in [4.78, 5) is 12.5. The van der Waals surface area contributed by atoms with Crippen LogP contribution in [0.15, 0.2) is 23.1 Å². The third kappa shape index (κ3) is 4.70. The predicted octanol–water partition coefficient (Wildman–Crippen LogP) is 2.25. The van der Waals surface area contributed by atoms with Crippen molar-refractivity contribution in [3.05, 3.63) is 29.3 Å². The Morgan fingerprint density at radius 1 is 1.33 bits per heavy atom. The Morgan fingerprint density at radius 3 is 2.50 bits per heavy atom. The van der Waals surface area contributed by atoms with Crippen molar-refractivity contribution in [2.75, 3.05) is 5.75 Å². The van der Waals surface area contributed by atoms with E-state index in [0.717, 1.165) is 0 Å². The number of nitrogens with one attached hydrogen (secondary N) is 1. The minimum absolute atomic E-state index is 0.253. The number of rotatable bonds is 6. The summed E-state index contributed by atoms with van der Waals surface area (Å²) in [5.41, 5.74) is 7.94. The summed E-state index contributed by atoms with van der Waals surface area (Å²) < 4.78 is 0. The Kier molecular flexibility index (Phi) is 5.69. The highest BCUT2D eigenvalue weighted by atomic mass is 32.2. The fourth-order valence-electron chi connectivity index (χ4n) is 1.60. The van der Waals surface area contributed by atoms with Crippen LogP contribution in [0.4, 0.5) is 0 Å². The number of thioether (sulfide) groups is 1. The van der Waals surface area contributed by atoms with Gasteiger partial charge in [-0.25, -0.2) is 0 Å². The van der Waals surface area contributed by atoms with Crippen molar-refractivity contribution in [2.45, 2.75) is 44.7 Å². The van der Waals surface area contributed by atoms with Gasteiger partial charge >= 0.3 is 0 Å². The van der Waals surface area contributed by atoms with Gasteiger partial charge in [0.25, 0.3) is 0 Å². The van der Waals surface area contributed by atoms with Crippen LogP contribution in [0.1, 0.15) is 25.0 Å². The van der Waals surface area contributed by atoms with Crippen LogP contribution in [0.2, 0.25) is 0 Å². The number of nitrogens with two attached hydrogens (primary N) is 1. The first kappa shape index (κ1) is 15.1. The van der Waals surface area contributed by atoms with Gasteiger partial charge < -0.3 is 11.1 Å². The molecular formula is C14H22N2OS. The van der Waals surface area contributed by atoms with E-state index in [4.69, 9.17) is 5.73 Å². The second kappa shape index (κ2) is 6.81. The zero-order chi connectivity index (χ0) is 13.7. The highest BCUT2D eigenvalue weighted by Crippen LogP contribution is 2.21. The van der Waals surface area contributed by atoms with Gasteiger partial charge in [-0.2, -0.15) is 0 Å². The van der Waals surface area contributed by atoms with Crippen LogP contribution >= 0.6 is 11.8 Å². The van der Waals surface area contributed by atoms with Gasteiger partial charge in [-0.05, 0) is 37.1 Å². The van der Waals surface area contributed by atoms with E-state index in [9.17, 15) is 4.79 Å². The van der Waals surface area contributed by atoms with E-state index in [2.05, 4.69) is 37.4 Å². The molecule has 4 heteroatoms. The van der Waals surface area contributed by atoms with Gasteiger partial charge in [-0.1, -0.05) is 19.9 Å². The minimum Gasteiger partial charge on any atom is -0.368 e. The monoisotopic (exact) mass is 266 g/mol. The molecule has 18 heavy (non-hydrogen) atoms. The summed E-state index contributed by atoms with van der Waals surface area (Å²) in [6.07, 6.45) is 0. The first-order valence-corrected chi connectivity index (χ1v) is 7.14. The van der Waals surface area contributed by atoms with E-state index < -0.39 is 0 Å². The molecule has 1 unspecified atom stereocenters. The molecular weight excluding hydrogens is 244 g/mol. The summed E-state index contributed by atoms with van der Waals surface area (Å²) in [6.45, 7) is 8.21. The van der Waals surface area contributed by atoms with Gasteiger partial charge in [0.05, 0.1) is 6.04 Å². The van der Waals surface area contributed by atoms with Crippen molar-refractivity contribution in [1.82, 2.24) is 5.32 Å². The molecule has 0 radical (unpaired) electrons. The summed E-state index contributed by atoms with van der Waals surface area (Å²) in [5, 5.41) is 3.18. The van der Waals surface area contributed by atoms with Crippen molar-refractivity contribution >= 4 is 17.7 Å². The summed E-state index contributed by atoms with van der Waals surface area (Å²) in [5.74, 6) is 0.371. The molecule has 3 nitrogen and oxygen atoms in total. The van der Waals surface area contributed by atoms with Crippen molar-refractivity contribution in [3.8, 4) is 0 Å². The summed E-state index contributed by atoms with van der Waals surface area (Å²) in [7, 11) is 0. The van der Waals surface area contributed by atoms with Crippen LogP contribution in [0.3, 0.4) is 0 Å². The molecule has 1 rings (SSSR count). The number of hydrogen-bond donors (Lipinski definition) is 2. The van der Waals surface area contributed by atoms with E-state index in [1.807, 2.05) is 13.8 Å². The molecule has 3 N–H and O–H groups in total. The molecule has 0 aliphatic rings. The van der Waals surface area contributed by atoms with Gasteiger partial charge in [-0.3, -0.25) is 4.79 Å². The molecule has 0 aromatic heterocycles. The molecule has 0 aliphatic carbocycles. The number of amides is 1. The van der Waals surface area contributed by atoms with Crippen molar-refractivity contribution in [3.63, 3.8) is 0 Å². The lowest BCUT2D eigenvalue weighted by molar-refractivity contribution is -0.119. The van der Waals surface area contributed by atoms with Crippen LogP contribution in [-0.4, -0.2) is 23.7 Å². The van der Waals surface area contributed by atoms with E-state index in [-0.39, 0.29) is 18.0 Å². The molecule has 1 amide bonds. The fraction of sp³-hybridized carbons (Fsp3) is 0.500. The first-order chi connectivity index (χ1) is 8.40. The Bertz CT molecular complexity index is 418. The maximum atomic E-state index is 11.3. The van der Waals surface area contributed by atoms with Crippen molar-refractivity contribution in [1.29, 1.82) is 0 Å². The van der Waals surface area contributed by atoms with Crippen LogP contribution in [0.25, 0.3) is 0 Å². The summed E-state index contributed by atoms with van der Waals surface area (Å²) >= 11 is 1.66. The Balaban J connectivity index is 2.61. The maximum Gasteiger partial charge on any atom is 0.235 e. The molecule has 0 saturated carbocycles. The lowest BCUT2D eigenvalue weighted by Crippen LogP contribution is -2.46. The van der Waals surface area contributed by atoms with E-state index in [0.29, 0.717) is 5.75 Å². The molecule has 100 valence electrons. The number of hydrogen-bond acceptors (Lipinski definition) is 3. The Morgan fingerprint density at radius 2 is 2.00 bits per heavy atom. The zero-order valence-corrected chi connectivity index (χ0v) is 12.3. The molecule has 0 aliphatic heterocycles. The molecule has 1 aromatic rings. The second-order valence-electron chi connectivity index (χ2n) is 4.83. The van der Waals surface area contributed by atoms with Crippen molar-refractivity contribution in [2.24, 2.45) is 5.73 Å². The average molecular weight is 266 g/mol. The van der Waals surface area contributed by atoms with Crippen LogP contribution in [0.5, 0.6) is 0 Å². The van der Waals surface area contributed by atoms with Gasteiger partial charge in [0, 0.05) is 16.7 Å². The predicted molar refractivity (Wildman–Crippen MR) is 77.9 cm³/mol. The lowest BCUT2D eigenvalue weighted by Gasteiger charge is -2.17. The molecule has 1 aromatic carbocycles. The highest BCUT2D eigenvalue weighted by Gasteiger charge is 2.16. The molecule has 1 atom stereocenters. The van der Waals surface area contributed by atoms with Gasteiger partial charge in [-0.15, -0.1) is 11.8 Å². The molecule has 0 spiro atoms. The third-order valence-electron chi connectivity index (χ3n) is 2.77. The Labute approximate surface area is 114 Å². The van der Waals surface area contributed by atoms with E-state index in [1.54, 1.807) is 11.8 Å². The summed E-state index contributed by atoms with van der Waals surface area (Å²) in [6, 6.07) is 6.31. The average Bonchev–Trinajstić information content (AvgIpc) is 2.28. The highest BCUT2D eigenvalue weighted by molar-refractivity contribution is 7.99. The number of aryl methyl sites for hydroxylation is 2. The molecule has 0 fully saturated rings. The normalized spacial score (nSPS) is 12.7. The smallest absolute Gasteiger partial charge is 0.235 e. The Hall–Kier alpha value is -1.00. The minimum atomic E-state index is -0.292. The fourth-order valence-corrected chi connectivity index (χ4v) is 2.64. The second-order valence-corrected chi connectivity index (χ2v) is 5.93. The van der Waals surface area contributed by atoms with Crippen molar-refractivity contribution < 1.29 is 4.79 Å². The van der Waals surface area contributed by atoms with Gasteiger partial charge in [0.2, 0.25) is 5.91 Å². The first-order valence-electron chi connectivity index (χ1n) is 6.15. The molecule has 0 heterocycles. The lowest BCUT2D eigenvalue weighted by atomic mass is 10.1. The molecule has 0 bridgehead atoms. The standard InChI is InChI=1S/C14H22N2OS/c1-9(2)16-13(14(15)17)8-18-12-6-5-10(3)11(4)7-12/h5-7,9,13,16H,8H2,1-4H3,(H2,15,17). The quantitative estimate of drug-likeness (QED) is 0.776. The topological polar surface area (TPSA) is 55.1 Å². The van der Waals surface area contributed by atoms with Crippen LogP contribution in [-0.2, 0) is 4.79 Å². The number of benzene rings is 1. The third-order valence-corrected chi connectivity index (χ3v) is 3.86. The van der Waals surface area contributed by atoms with Crippen LogP contribution in [0, 0.1) is 13.8 Å². The SMILES string of the molecule is Cc1ccc(SCC(NC(C)C)C(N)=O)cc1C. The largest absolute Gasteiger partial charge is 0.368 e. The zero-order valence-electron chi connectivity index (χ0n) is 11.5. The number of carbonyl (C=O) groups is 1. The maximum absolute atomic E-state index is 11.3. The van der Waals surface area contributed by atoms with E-state index in [1.165, 1.54) is 16.0 Å². The number of primary amides is 1. The van der Waals surface area contributed by atoms with Crippen LogP contribution < -0.4 is 11.1 Å². The van der Waals surface area contributed by atoms with Gasteiger partial charge in [0.15, 0.2) is 0 Å². The number of carbonyl (C=O) groups excluding carboxylic acids is 1. The van der Waals surface area contributed by atoms with Gasteiger partial charge in [0.1, 0.15) is 0 Å².